The first-order chi connectivity index (χ1) is 15.4. The van der Waals surface area contributed by atoms with E-state index in [0.29, 0.717) is 5.92 Å². The maximum atomic E-state index is 13.7. The molecule has 2 N–H and O–H groups in total. The van der Waals surface area contributed by atoms with Crippen molar-refractivity contribution >= 4 is 21.7 Å². The first kappa shape index (κ1) is 24.1. The Hall–Kier alpha value is -2.05. The number of ether oxygens (including phenoxy) is 1. The maximum Gasteiger partial charge on any atom is 0.248 e. The summed E-state index contributed by atoms with van der Waals surface area (Å²) in [5.74, 6) is -0.509. The van der Waals surface area contributed by atoms with Gasteiger partial charge < -0.3 is 20.1 Å². The van der Waals surface area contributed by atoms with Crippen LogP contribution >= 0.6 is 0 Å². The van der Waals surface area contributed by atoms with Crippen molar-refractivity contribution in [3.05, 3.63) is 11.9 Å². The van der Waals surface area contributed by atoms with Crippen LogP contribution in [0.1, 0.15) is 57.7 Å². The summed E-state index contributed by atoms with van der Waals surface area (Å²) in [6.07, 6.45) is 2.62. The minimum absolute atomic E-state index is 0.0204. The summed E-state index contributed by atoms with van der Waals surface area (Å²) in [4.78, 5) is 28.1. The van der Waals surface area contributed by atoms with Crippen molar-refractivity contribution in [1.29, 1.82) is 0 Å². The van der Waals surface area contributed by atoms with Crippen LogP contribution in [0.5, 0.6) is 0 Å². The average Bonchev–Trinajstić information content (AvgIpc) is 3.32. The van der Waals surface area contributed by atoms with Gasteiger partial charge in [-0.15, -0.1) is 5.10 Å². The summed E-state index contributed by atoms with van der Waals surface area (Å²) >= 11 is 0. The van der Waals surface area contributed by atoms with Crippen LogP contribution in [0.4, 0.5) is 0 Å². The maximum absolute atomic E-state index is 13.7. The quantitative estimate of drug-likeness (QED) is 0.558. The van der Waals surface area contributed by atoms with Crippen LogP contribution in [0.15, 0.2) is 6.20 Å². The van der Waals surface area contributed by atoms with E-state index in [4.69, 9.17) is 4.74 Å². The number of hydrogen-bond donors (Lipinski definition) is 2. The highest BCUT2D eigenvalue weighted by molar-refractivity contribution is 7.91. The van der Waals surface area contributed by atoms with Crippen molar-refractivity contribution in [2.24, 2.45) is 5.41 Å². The lowest BCUT2D eigenvalue weighted by Crippen LogP contribution is -2.52. The number of amides is 2. The largest absolute Gasteiger partial charge is 0.391 e. The van der Waals surface area contributed by atoms with Gasteiger partial charge in [0, 0.05) is 31.6 Å². The predicted octanol–water partition coefficient (Wildman–Crippen LogP) is -0.366. The molecule has 3 fully saturated rings. The molecule has 0 bridgehead atoms. The van der Waals surface area contributed by atoms with Crippen LogP contribution < -0.4 is 5.32 Å². The predicted molar refractivity (Wildman–Crippen MR) is 118 cm³/mol. The molecule has 0 aromatic carbocycles. The molecule has 2 aliphatic heterocycles. The number of aliphatic hydroxyl groups excluding tert-OH is 1. The van der Waals surface area contributed by atoms with Gasteiger partial charge in [-0.3, -0.25) is 9.59 Å². The number of β-amino-alcohol motifs (C(OH)–C–C–N with tert-alkyl or cyclic N) is 1. The molecule has 0 spiro atoms. The van der Waals surface area contributed by atoms with E-state index >= 15 is 0 Å². The van der Waals surface area contributed by atoms with Crippen LogP contribution in [0.25, 0.3) is 0 Å². The van der Waals surface area contributed by atoms with Crippen LogP contribution in [0, 0.1) is 5.41 Å². The Kier molecular flexibility index (Phi) is 6.53. The Bertz CT molecular complexity index is 999. The van der Waals surface area contributed by atoms with Gasteiger partial charge in [-0.05, 0) is 18.3 Å². The highest BCUT2D eigenvalue weighted by atomic mass is 32.2. The smallest absolute Gasteiger partial charge is 0.248 e. The molecule has 3 heterocycles. The molecular weight excluding hydrogens is 450 g/mol. The van der Waals surface area contributed by atoms with Gasteiger partial charge in [-0.1, -0.05) is 26.0 Å². The highest BCUT2D eigenvalue weighted by Crippen LogP contribution is 2.40. The minimum atomic E-state index is -3.19. The summed E-state index contributed by atoms with van der Waals surface area (Å²) < 4.78 is 30.6. The summed E-state index contributed by atoms with van der Waals surface area (Å²) in [5, 5.41) is 21.4. The van der Waals surface area contributed by atoms with Gasteiger partial charge in [-0.2, -0.15) is 0 Å². The standard InChI is InChI=1S/C21H33N5O6S/c1-21(2,3)18(26-11-16(23-24-26)13-4-5-13)20(29)25-10-14(27)8-17(25)19(28)22-9-15-12-33(30,31)7-6-32-15/h11,13-15,17-18,27H,4-10,12H2,1-3H3,(H,22,28)/t14?,15?,17?,18-/m1/s1. The fraction of sp³-hybridized carbons (Fsp3) is 0.810. The number of likely N-dealkylation sites (tertiary alicyclic amines) is 1. The van der Waals surface area contributed by atoms with Gasteiger partial charge in [0.25, 0.3) is 0 Å². The zero-order valence-corrected chi connectivity index (χ0v) is 20.1. The molecule has 33 heavy (non-hydrogen) atoms. The lowest BCUT2D eigenvalue weighted by atomic mass is 9.85. The monoisotopic (exact) mass is 483 g/mol. The number of sulfone groups is 1. The number of carbonyl (C=O) groups is 2. The second-order valence-electron chi connectivity index (χ2n) is 10.4. The van der Waals surface area contributed by atoms with E-state index in [1.54, 1.807) is 4.68 Å². The Morgan fingerprint density at radius 2 is 2.06 bits per heavy atom. The van der Waals surface area contributed by atoms with E-state index in [9.17, 15) is 23.1 Å². The number of rotatable bonds is 6. The molecule has 4 atom stereocenters. The normalized spacial score (nSPS) is 28.5. The van der Waals surface area contributed by atoms with Crippen molar-refractivity contribution < 1.29 is 27.9 Å². The zero-order chi connectivity index (χ0) is 24.0. The lowest BCUT2D eigenvalue weighted by Gasteiger charge is -2.34. The summed E-state index contributed by atoms with van der Waals surface area (Å²) in [6.45, 7) is 5.96. The summed E-state index contributed by atoms with van der Waals surface area (Å²) in [6, 6.07) is -1.55. The number of aromatic nitrogens is 3. The summed E-state index contributed by atoms with van der Waals surface area (Å²) in [5.41, 5.74) is 0.361. The van der Waals surface area contributed by atoms with Crippen LogP contribution in [-0.2, 0) is 24.2 Å². The van der Waals surface area contributed by atoms with Crippen molar-refractivity contribution in [2.75, 3.05) is 31.2 Å². The van der Waals surface area contributed by atoms with E-state index in [1.807, 2.05) is 27.0 Å². The minimum Gasteiger partial charge on any atom is -0.391 e. The molecule has 3 unspecified atom stereocenters. The molecule has 2 saturated heterocycles. The van der Waals surface area contributed by atoms with Crippen molar-refractivity contribution in [3.63, 3.8) is 0 Å². The molecule has 12 heteroatoms. The zero-order valence-electron chi connectivity index (χ0n) is 19.3. The number of aliphatic hydroxyl groups is 1. The number of nitrogens with one attached hydrogen (secondary N) is 1. The van der Waals surface area contributed by atoms with Gasteiger partial charge in [0.2, 0.25) is 11.8 Å². The topological polar surface area (TPSA) is 144 Å². The van der Waals surface area contributed by atoms with E-state index in [1.165, 1.54) is 4.90 Å². The van der Waals surface area contributed by atoms with Crippen LogP contribution in [0.2, 0.25) is 0 Å². The second kappa shape index (κ2) is 8.95. The SMILES string of the molecule is CC(C)(C)[C@@H](C(=O)N1CC(O)CC1C(=O)NCC1CS(=O)(=O)CCO1)n1cc(C2CC2)nn1. The number of hydrogen-bond acceptors (Lipinski definition) is 8. The molecule has 1 saturated carbocycles. The number of carbonyl (C=O) groups excluding carboxylic acids is 2. The van der Waals surface area contributed by atoms with Gasteiger partial charge in [0.1, 0.15) is 12.1 Å². The third-order valence-corrected chi connectivity index (χ3v) is 8.07. The molecule has 11 nitrogen and oxygen atoms in total. The molecule has 1 aromatic rings. The average molecular weight is 484 g/mol. The number of nitrogens with zero attached hydrogens (tertiary/aromatic N) is 4. The third-order valence-electron chi connectivity index (χ3n) is 6.40. The highest BCUT2D eigenvalue weighted by Gasteiger charge is 2.45. The fourth-order valence-corrected chi connectivity index (χ4v) is 5.83. The van der Waals surface area contributed by atoms with Gasteiger partial charge in [0.05, 0.1) is 36.0 Å². The summed E-state index contributed by atoms with van der Waals surface area (Å²) in [7, 11) is -3.19. The van der Waals surface area contributed by atoms with Crippen LogP contribution in [0.3, 0.4) is 0 Å². The fourth-order valence-electron chi connectivity index (χ4n) is 4.53. The molecule has 3 aliphatic rings. The second-order valence-corrected chi connectivity index (χ2v) is 12.6. The molecule has 2 amide bonds. The third kappa shape index (κ3) is 5.55. The molecule has 1 aromatic heterocycles. The van der Waals surface area contributed by atoms with Gasteiger partial charge in [0.15, 0.2) is 9.84 Å². The molecular formula is C21H33N5O6S. The van der Waals surface area contributed by atoms with Crippen molar-refractivity contribution in [2.45, 2.75) is 70.2 Å². The molecule has 184 valence electrons. The molecule has 0 radical (unpaired) electrons. The van der Waals surface area contributed by atoms with E-state index < -0.39 is 45.5 Å². The first-order valence-electron chi connectivity index (χ1n) is 11.4. The first-order valence-corrected chi connectivity index (χ1v) is 13.3. The Labute approximate surface area is 193 Å². The Balaban J connectivity index is 1.47. The van der Waals surface area contributed by atoms with Gasteiger partial charge >= 0.3 is 0 Å². The van der Waals surface area contributed by atoms with Gasteiger partial charge in [-0.25, -0.2) is 13.1 Å². The Morgan fingerprint density at radius 1 is 1.33 bits per heavy atom. The van der Waals surface area contributed by atoms with Crippen molar-refractivity contribution in [3.8, 4) is 0 Å². The van der Waals surface area contributed by atoms with Crippen LogP contribution in [-0.4, -0.2) is 94.7 Å². The van der Waals surface area contributed by atoms with Crippen molar-refractivity contribution in [1.82, 2.24) is 25.2 Å². The lowest BCUT2D eigenvalue weighted by molar-refractivity contribution is -0.144. The molecule has 1 aliphatic carbocycles. The van der Waals surface area contributed by atoms with E-state index in [0.717, 1.165) is 18.5 Å². The molecule has 4 rings (SSSR count). The van der Waals surface area contributed by atoms with E-state index in [-0.39, 0.29) is 43.5 Å². The Morgan fingerprint density at radius 3 is 2.70 bits per heavy atom. The van der Waals surface area contributed by atoms with E-state index in [2.05, 4.69) is 15.6 Å².